The minimum atomic E-state index is 0.717. The third-order valence-electron chi connectivity index (χ3n) is 2.92. The molecule has 0 spiro atoms. The number of hydrogen-bond donors (Lipinski definition) is 1. The molecule has 2 rings (SSSR count). The van der Waals surface area contributed by atoms with Crippen molar-refractivity contribution in [3.05, 3.63) is 34.0 Å². The summed E-state index contributed by atoms with van der Waals surface area (Å²) in [5.74, 6) is 0. The lowest BCUT2D eigenvalue weighted by Crippen LogP contribution is -1.99. The van der Waals surface area contributed by atoms with Crippen LogP contribution in [0.2, 0.25) is 5.02 Å². The maximum atomic E-state index is 6.23. The number of nitrogens with zero attached hydrogens (tertiary/aromatic N) is 1. The number of hydrogen-bond acceptors (Lipinski definition) is 2. The van der Waals surface area contributed by atoms with Gasteiger partial charge in [0.05, 0.1) is 10.5 Å². The highest BCUT2D eigenvalue weighted by Crippen LogP contribution is 2.32. The molecule has 1 aromatic heterocycles. The Balaban J connectivity index is 2.96. The van der Waals surface area contributed by atoms with Crippen LogP contribution in [0.4, 0.5) is 5.69 Å². The first-order valence-electron chi connectivity index (χ1n) is 5.29. The monoisotopic (exact) mass is 234 g/mol. The Morgan fingerprint density at radius 3 is 2.50 bits per heavy atom. The van der Waals surface area contributed by atoms with Gasteiger partial charge >= 0.3 is 0 Å². The van der Waals surface area contributed by atoms with E-state index in [4.69, 9.17) is 11.6 Å². The van der Waals surface area contributed by atoms with Crippen molar-refractivity contribution in [2.24, 2.45) is 0 Å². The number of benzene rings is 1. The predicted molar refractivity (Wildman–Crippen MR) is 70.5 cm³/mol. The van der Waals surface area contributed by atoms with Crippen LogP contribution in [0, 0.1) is 20.8 Å². The fourth-order valence-electron chi connectivity index (χ4n) is 2.00. The smallest absolute Gasteiger partial charge is 0.0912 e. The molecule has 3 heteroatoms. The molecule has 2 nitrogen and oxygen atoms in total. The van der Waals surface area contributed by atoms with E-state index in [1.54, 1.807) is 0 Å². The van der Waals surface area contributed by atoms with E-state index in [0.717, 1.165) is 32.9 Å². The molecule has 84 valence electrons. The molecule has 16 heavy (non-hydrogen) atoms. The summed E-state index contributed by atoms with van der Waals surface area (Å²) in [6.45, 7) is 6.12. The van der Waals surface area contributed by atoms with Gasteiger partial charge in [-0.2, -0.15) is 0 Å². The van der Waals surface area contributed by atoms with E-state index in [-0.39, 0.29) is 0 Å². The molecule has 2 aromatic rings. The van der Waals surface area contributed by atoms with Crippen LogP contribution < -0.4 is 5.32 Å². The van der Waals surface area contributed by atoms with Gasteiger partial charge in [-0.15, -0.1) is 0 Å². The summed E-state index contributed by atoms with van der Waals surface area (Å²) in [5.41, 5.74) is 5.34. The zero-order chi connectivity index (χ0) is 11.9. The van der Waals surface area contributed by atoms with Gasteiger partial charge in [-0.1, -0.05) is 11.6 Å². The maximum absolute atomic E-state index is 6.23. The van der Waals surface area contributed by atoms with Gasteiger partial charge in [0.25, 0.3) is 0 Å². The van der Waals surface area contributed by atoms with Gasteiger partial charge in [-0.05, 0) is 44.0 Å². The van der Waals surface area contributed by atoms with Crippen molar-refractivity contribution in [2.45, 2.75) is 20.8 Å². The molecule has 0 amide bonds. The second-order valence-electron chi connectivity index (χ2n) is 4.09. The van der Waals surface area contributed by atoms with Crippen molar-refractivity contribution in [3.8, 4) is 0 Å². The van der Waals surface area contributed by atoms with Crippen LogP contribution in [-0.2, 0) is 0 Å². The molecule has 0 saturated heterocycles. The van der Waals surface area contributed by atoms with Crippen LogP contribution in [0.3, 0.4) is 0 Å². The van der Waals surface area contributed by atoms with Gasteiger partial charge in [0.15, 0.2) is 0 Å². The Bertz CT molecular complexity index is 562. The third-order valence-corrected chi connectivity index (χ3v) is 3.21. The van der Waals surface area contributed by atoms with Gasteiger partial charge in [0.2, 0.25) is 0 Å². The molecule has 0 fully saturated rings. The van der Waals surface area contributed by atoms with E-state index < -0.39 is 0 Å². The number of aromatic nitrogens is 1. The minimum absolute atomic E-state index is 0.717. The van der Waals surface area contributed by atoms with Crippen LogP contribution in [0.15, 0.2) is 12.1 Å². The van der Waals surface area contributed by atoms with Crippen molar-refractivity contribution in [1.82, 2.24) is 4.98 Å². The number of anilines is 1. The molecule has 0 aliphatic rings. The first-order chi connectivity index (χ1) is 7.54. The summed E-state index contributed by atoms with van der Waals surface area (Å²) in [4.78, 5) is 4.55. The second-order valence-corrected chi connectivity index (χ2v) is 4.50. The number of rotatable bonds is 1. The Morgan fingerprint density at radius 2 is 1.88 bits per heavy atom. The van der Waals surface area contributed by atoms with Gasteiger partial charge in [0.1, 0.15) is 0 Å². The summed E-state index contributed by atoms with van der Waals surface area (Å²) in [5, 5.41) is 5.05. The van der Waals surface area contributed by atoms with E-state index in [9.17, 15) is 0 Å². The second kappa shape index (κ2) is 3.95. The Labute approximate surface area is 101 Å². The molecule has 0 unspecified atom stereocenters. The Hall–Kier alpha value is -1.28. The highest BCUT2D eigenvalue weighted by molar-refractivity contribution is 6.35. The molecule has 0 aliphatic heterocycles. The van der Waals surface area contributed by atoms with Crippen molar-refractivity contribution >= 4 is 28.2 Å². The Kier molecular flexibility index (Phi) is 2.76. The standard InChI is InChI=1S/C13H15ClN2/c1-7-5-10-12(15-4)8(2)9(3)16-13(10)11(14)6-7/h5-6H,1-4H3,(H,15,16). The lowest BCUT2D eigenvalue weighted by atomic mass is 10.1. The van der Waals surface area contributed by atoms with E-state index in [1.165, 1.54) is 5.56 Å². The largest absolute Gasteiger partial charge is 0.387 e. The fraction of sp³-hybridized carbons (Fsp3) is 0.308. The SMILES string of the molecule is CNc1c(C)c(C)nc2c(Cl)cc(C)cc12. The number of pyridine rings is 1. The normalized spacial score (nSPS) is 10.8. The molecule has 0 atom stereocenters. The maximum Gasteiger partial charge on any atom is 0.0912 e. The first kappa shape index (κ1) is 11.2. The van der Waals surface area contributed by atoms with Crippen molar-refractivity contribution in [2.75, 3.05) is 12.4 Å². The van der Waals surface area contributed by atoms with Crippen molar-refractivity contribution in [1.29, 1.82) is 0 Å². The van der Waals surface area contributed by atoms with E-state index in [1.807, 2.05) is 27.0 Å². The van der Waals surface area contributed by atoms with Gasteiger partial charge < -0.3 is 5.32 Å². The average molecular weight is 235 g/mol. The van der Waals surface area contributed by atoms with Crippen LogP contribution >= 0.6 is 11.6 Å². The molecule has 0 radical (unpaired) electrons. The lowest BCUT2D eigenvalue weighted by molar-refractivity contribution is 1.19. The third kappa shape index (κ3) is 1.63. The molecular weight excluding hydrogens is 220 g/mol. The van der Waals surface area contributed by atoms with Crippen LogP contribution in [0.25, 0.3) is 10.9 Å². The lowest BCUT2D eigenvalue weighted by Gasteiger charge is -2.13. The summed E-state index contributed by atoms with van der Waals surface area (Å²) in [6.07, 6.45) is 0. The number of nitrogens with one attached hydrogen (secondary N) is 1. The topological polar surface area (TPSA) is 24.9 Å². The zero-order valence-electron chi connectivity index (χ0n) is 9.98. The van der Waals surface area contributed by atoms with E-state index in [0.29, 0.717) is 0 Å². The number of fused-ring (bicyclic) bond motifs is 1. The van der Waals surface area contributed by atoms with Crippen molar-refractivity contribution < 1.29 is 0 Å². The van der Waals surface area contributed by atoms with Crippen LogP contribution in [0.5, 0.6) is 0 Å². The quantitative estimate of drug-likeness (QED) is 0.811. The summed E-state index contributed by atoms with van der Waals surface area (Å²) in [6, 6.07) is 4.07. The summed E-state index contributed by atoms with van der Waals surface area (Å²) < 4.78 is 0. The van der Waals surface area contributed by atoms with Gasteiger partial charge in [0, 0.05) is 23.8 Å². The van der Waals surface area contributed by atoms with Gasteiger partial charge in [-0.25, -0.2) is 0 Å². The highest BCUT2D eigenvalue weighted by Gasteiger charge is 2.10. The van der Waals surface area contributed by atoms with Gasteiger partial charge in [-0.3, -0.25) is 4.98 Å². The summed E-state index contributed by atoms with van der Waals surface area (Å²) >= 11 is 6.23. The molecule has 1 aromatic carbocycles. The molecule has 0 saturated carbocycles. The van der Waals surface area contributed by atoms with Crippen LogP contribution in [-0.4, -0.2) is 12.0 Å². The van der Waals surface area contributed by atoms with E-state index >= 15 is 0 Å². The Morgan fingerprint density at radius 1 is 1.19 bits per heavy atom. The molecular formula is C13H15ClN2. The highest BCUT2D eigenvalue weighted by atomic mass is 35.5. The number of halogens is 1. The predicted octanol–water partition coefficient (Wildman–Crippen LogP) is 3.86. The van der Waals surface area contributed by atoms with Crippen LogP contribution in [0.1, 0.15) is 16.8 Å². The average Bonchev–Trinajstić information content (AvgIpc) is 2.22. The molecule has 0 aliphatic carbocycles. The first-order valence-corrected chi connectivity index (χ1v) is 5.67. The summed E-state index contributed by atoms with van der Waals surface area (Å²) in [7, 11) is 1.93. The molecule has 1 N–H and O–H groups in total. The molecule has 0 bridgehead atoms. The fourth-order valence-corrected chi connectivity index (χ4v) is 2.31. The molecule has 1 heterocycles. The minimum Gasteiger partial charge on any atom is -0.387 e. The van der Waals surface area contributed by atoms with Crippen molar-refractivity contribution in [3.63, 3.8) is 0 Å². The van der Waals surface area contributed by atoms with E-state index in [2.05, 4.69) is 23.3 Å². The zero-order valence-corrected chi connectivity index (χ0v) is 10.7. The number of aryl methyl sites for hydroxylation is 2.